The first-order valence-corrected chi connectivity index (χ1v) is 9.00. The summed E-state index contributed by atoms with van der Waals surface area (Å²) in [7, 11) is 0. The van der Waals surface area contributed by atoms with Gasteiger partial charge in [0.2, 0.25) is 5.91 Å². The van der Waals surface area contributed by atoms with Crippen LogP contribution < -0.4 is 10.2 Å². The van der Waals surface area contributed by atoms with Crippen LogP contribution in [0.3, 0.4) is 0 Å². The SMILES string of the molecule is O=C(O)CN1C(=O)[C@H](NC(=O)c2cc3cc(Cl)ccc3[nH]2)Cc2ccccc21. The number of halogens is 1. The third kappa shape index (κ3) is 3.32. The smallest absolute Gasteiger partial charge is 0.323 e. The highest BCUT2D eigenvalue weighted by Crippen LogP contribution is 2.28. The largest absolute Gasteiger partial charge is 0.480 e. The molecule has 142 valence electrons. The number of aromatic amines is 1. The Labute approximate surface area is 164 Å². The number of carbonyl (C=O) groups excluding carboxylic acids is 2. The summed E-state index contributed by atoms with van der Waals surface area (Å²) in [5.41, 5.74) is 2.41. The number of para-hydroxylation sites is 1. The molecule has 0 unspecified atom stereocenters. The molecule has 3 aromatic rings. The van der Waals surface area contributed by atoms with Gasteiger partial charge in [-0.15, -0.1) is 0 Å². The number of rotatable bonds is 4. The Kier molecular flexibility index (Phi) is 4.52. The highest BCUT2D eigenvalue weighted by atomic mass is 35.5. The number of aliphatic carboxylic acids is 1. The van der Waals surface area contributed by atoms with Crippen molar-refractivity contribution >= 4 is 46.0 Å². The van der Waals surface area contributed by atoms with E-state index in [-0.39, 0.29) is 0 Å². The Bertz CT molecular complexity index is 1110. The first-order valence-electron chi connectivity index (χ1n) is 8.62. The summed E-state index contributed by atoms with van der Waals surface area (Å²) in [5, 5.41) is 13.2. The zero-order chi connectivity index (χ0) is 19.8. The van der Waals surface area contributed by atoms with Gasteiger partial charge in [-0.1, -0.05) is 29.8 Å². The van der Waals surface area contributed by atoms with Crippen molar-refractivity contribution in [2.24, 2.45) is 0 Å². The molecule has 0 saturated heterocycles. The zero-order valence-corrected chi connectivity index (χ0v) is 15.4. The van der Waals surface area contributed by atoms with Crippen LogP contribution in [0.15, 0.2) is 48.5 Å². The van der Waals surface area contributed by atoms with Crippen LogP contribution in [0.4, 0.5) is 5.69 Å². The Morgan fingerprint density at radius 1 is 1.21 bits per heavy atom. The van der Waals surface area contributed by atoms with Gasteiger partial charge in [0.1, 0.15) is 18.3 Å². The molecule has 1 aliphatic heterocycles. The summed E-state index contributed by atoms with van der Waals surface area (Å²) >= 11 is 5.98. The highest BCUT2D eigenvalue weighted by molar-refractivity contribution is 6.31. The van der Waals surface area contributed by atoms with Gasteiger partial charge in [-0.2, -0.15) is 0 Å². The second-order valence-electron chi connectivity index (χ2n) is 6.59. The number of benzene rings is 2. The number of carbonyl (C=O) groups is 3. The predicted octanol–water partition coefficient (Wildman–Crippen LogP) is 2.59. The summed E-state index contributed by atoms with van der Waals surface area (Å²) in [6, 6.07) is 13.1. The maximum absolute atomic E-state index is 12.8. The molecule has 1 aliphatic rings. The van der Waals surface area contributed by atoms with Crippen LogP contribution in [0.1, 0.15) is 16.1 Å². The van der Waals surface area contributed by atoms with Crippen LogP contribution in [0.2, 0.25) is 5.02 Å². The van der Waals surface area contributed by atoms with E-state index in [0.717, 1.165) is 16.5 Å². The Balaban J connectivity index is 1.60. The number of hydrogen-bond donors (Lipinski definition) is 3. The number of carboxylic acid groups (broad SMARTS) is 1. The van der Waals surface area contributed by atoms with E-state index in [4.69, 9.17) is 16.7 Å². The number of aromatic nitrogens is 1. The van der Waals surface area contributed by atoms with Gasteiger partial charge in [-0.3, -0.25) is 19.3 Å². The van der Waals surface area contributed by atoms with Crippen LogP contribution in [0.5, 0.6) is 0 Å². The topological polar surface area (TPSA) is 102 Å². The van der Waals surface area contributed by atoms with E-state index >= 15 is 0 Å². The molecule has 7 nitrogen and oxygen atoms in total. The number of carboxylic acids is 1. The lowest BCUT2D eigenvalue weighted by Crippen LogP contribution is -2.54. The van der Waals surface area contributed by atoms with Crippen LogP contribution >= 0.6 is 11.6 Å². The number of nitrogens with zero attached hydrogens (tertiary/aromatic N) is 1. The van der Waals surface area contributed by atoms with Crippen molar-refractivity contribution in [2.75, 3.05) is 11.4 Å². The van der Waals surface area contributed by atoms with Crippen molar-refractivity contribution in [3.63, 3.8) is 0 Å². The van der Waals surface area contributed by atoms with Crippen LogP contribution in [0.25, 0.3) is 10.9 Å². The van der Waals surface area contributed by atoms with Gasteiger partial charge < -0.3 is 15.4 Å². The maximum atomic E-state index is 12.8. The molecule has 0 spiro atoms. The summed E-state index contributed by atoms with van der Waals surface area (Å²) in [4.78, 5) is 40.9. The number of anilines is 1. The third-order valence-electron chi connectivity index (χ3n) is 4.70. The molecule has 0 fully saturated rings. The molecule has 8 heteroatoms. The van der Waals surface area contributed by atoms with Crippen molar-refractivity contribution in [2.45, 2.75) is 12.5 Å². The van der Waals surface area contributed by atoms with Crippen molar-refractivity contribution in [1.29, 1.82) is 0 Å². The molecule has 1 aromatic heterocycles. The fourth-order valence-corrected chi connectivity index (χ4v) is 3.61. The quantitative estimate of drug-likeness (QED) is 0.629. The van der Waals surface area contributed by atoms with E-state index in [9.17, 15) is 14.4 Å². The van der Waals surface area contributed by atoms with E-state index < -0.39 is 30.4 Å². The first kappa shape index (κ1) is 18.1. The summed E-state index contributed by atoms with van der Waals surface area (Å²) in [5.74, 6) is -2.02. The lowest BCUT2D eigenvalue weighted by atomic mass is 9.97. The first-order chi connectivity index (χ1) is 13.4. The second kappa shape index (κ2) is 7.01. The highest BCUT2D eigenvalue weighted by Gasteiger charge is 2.35. The molecular weight excluding hydrogens is 382 g/mol. The summed E-state index contributed by atoms with van der Waals surface area (Å²) < 4.78 is 0. The number of fused-ring (bicyclic) bond motifs is 2. The molecule has 0 radical (unpaired) electrons. The Hall–Kier alpha value is -3.32. The average molecular weight is 398 g/mol. The molecule has 2 aromatic carbocycles. The van der Waals surface area contributed by atoms with E-state index in [1.54, 1.807) is 36.4 Å². The molecule has 2 heterocycles. The van der Waals surface area contributed by atoms with Gasteiger partial charge in [0.15, 0.2) is 0 Å². The van der Waals surface area contributed by atoms with E-state index in [0.29, 0.717) is 22.8 Å². The number of amides is 2. The number of H-pyrrole nitrogens is 1. The minimum atomic E-state index is -1.12. The van der Waals surface area contributed by atoms with Crippen molar-refractivity contribution in [3.05, 3.63) is 64.8 Å². The molecule has 2 amide bonds. The number of nitrogens with one attached hydrogen (secondary N) is 2. The molecule has 0 bridgehead atoms. The van der Waals surface area contributed by atoms with Crippen molar-refractivity contribution in [1.82, 2.24) is 10.3 Å². The number of hydrogen-bond acceptors (Lipinski definition) is 3. The molecule has 1 atom stereocenters. The van der Waals surface area contributed by atoms with Crippen LogP contribution in [0, 0.1) is 0 Å². The normalized spacial score (nSPS) is 16.1. The van der Waals surface area contributed by atoms with Gasteiger partial charge in [0.05, 0.1) is 0 Å². The molecule has 28 heavy (non-hydrogen) atoms. The lowest BCUT2D eigenvalue weighted by Gasteiger charge is -2.33. The zero-order valence-electron chi connectivity index (χ0n) is 14.6. The summed E-state index contributed by atoms with van der Waals surface area (Å²) in [6.07, 6.45) is 0.295. The standard InChI is InChI=1S/C20H16ClN3O4/c21-13-5-6-14-12(7-13)9-15(22-14)19(27)23-16-8-11-3-1-2-4-17(11)24(20(16)28)10-18(25)26/h1-7,9,16,22H,8,10H2,(H,23,27)(H,25,26)/t16-/m1/s1. The lowest BCUT2D eigenvalue weighted by molar-refractivity contribution is -0.137. The molecule has 3 N–H and O–H groups in total. The van der Waals surface area contributed by atoms with Gasteiger partial charge >= 0.3 is 5.97 Å². The van der Waals surface area contributed by atoms with Gasteiger partial charge in [-0.05, 0) is 35.9 Å². The average Bonchev–Trinajstić information content (AvgIpc) is 3.08. The van der Waals surface area contributed by atoms with Crippen LogP contribution in [-0.2, 0) is 16.0 Å². The molecule has 0 saturated carbocycles. The van der Waals surface area contributed by atoms with Crippen molar-refractivity contribution < 1.29 is 19.5 Å². The van der Waals surface area contributed by atoms with Crippen molar-refractivity contribution in [3.8, 4) is 0 Å². The minimum Gasteiger partial charge on any atom is -0.480 e. The van der Waals surface area contributed by atoms with E-state index in [1.165, 1.54) is 4.90 Å². The molecular formula is C20H16ClN3O4. The third-order valence-corrected chi connectivity index (χ3v) is 4.93. The Morgan fingerprint density at radius 3 is 2.79 bits per heavy atom. The maximum Gasteiger partial charge on any atom is 0.323 e. The van der Waals surface area contributed by atoms with E-state index in [2.05, 4.69) is 10.3 Å². The van der Waals surface area contributed by atoms with Crippen LogP contribution in [-0.4, -0.2) is 40.5 Å². The van der Waals surface area contributed by atoms with Gasteiger partial charge in [0.25, 0.3) is 5.91 Å². The molecule has 4 rings (SSSR count). The van der Waals surface area contributed by atoms with E-state index in [1.807, 2.05) is 12.1 Å². The fourth-order valence-electron chi connectivity index (χ4n) is 3.43. The predicted molar refractivity (Wildman–Crippen MR) is 105 cm³/mol. The minimum absolute atomic E-state index is 0.295. The fraction of sp³-hybridized carbons (Fsp3) is 0.150. The summed E-state index contributed by atoms with van der Waals surface area (Å²) in [6.45, 7) is -0.465. The van der Waals surface area contributed by atoms with Gasteiger partial charge in [0, 0.05) is 28.0 Å². The Morgan fingerprint density at radius 2 is 2.00 bits per heavy atom. The van der Waals surface area contributed by atoms with Gasteiger partial charge in [-0.25, -0.2) is 0 Å². The second-order valence-corrected chi connectivity index (χ2v) is 7.03. The monoisotopic (exact) mass is 397 g/mol. The molecule has 0 aliphatic carbocycles.